The Morgan fingerprint density at radius 1 is 1.58 bits per heavy atom. The lowest BCUT2D eigenvalue weighted by molar-refractivity contribution is 0.318. The van der Waals surface area contributed by atoms with Crippen LogP contribution in [0.1, 0.15) is 6.92 Å². The predicted octanol–water partition coefficient (Wildman–Crippen LogP) is 1.01. The second-order valence-corrected chi connectivity index (χ2v) is 2.86. The molecule has 1 rings (SSSR count). The molecule has 0 amide bonds. The molecule has 0 aliphatic heterocycles. The van der Waals surface area contributed by atoms with Crippen molar-refractivity contribution in [1.29, 1.82) is 0 Å². The number of aliphatic hydroxyl groups excluding tert-OH is 1. The van der Waals surface area contributed by atoms with E-state index < -0.39 is 0 Å². The minimum absolute atomic E-state index is 0.250. The molecule has 0 bridgehead atoms. The smallest absolute Gasteiger partial charge is 0.146 e. The first-order valence-electron chi connectivity index (χ1n) is 3.39. The first-order chi connectivity index (χ1) is 5.61. The Morgan fingerprint density at radius 2 is 2.08 bits per heavy atom. The van der Waals surface area contributed by atoms with Gasteiger partial charge in [-0.05, 0) is 28.9 Å². The van der Waals surface area contributed by atoms with Crippen LogP contribution in [-0.4, -0.2) is 16.7 Å². The van der Waals surface area contributed by atoms with Crippen LogP contribution in [0.3, 0.4) is 0 Å². The van der Waals surface area contributed by atoms with Crippen LogP contribution in [0.4, 0.5) is 11.5 Å². The lowest BCUT2D eigenvalue weighted by atomic mass is 10.4. The lowest BCUT2D eigenvalue weighted by Crippen LogP contribution is -1.96. The van der Waals surface area contributed by atoms with Gasteiger partial charge in [-0.25, -0.2) is 4.98 Å². The predicted molar refractivity (Wildman–Crippen MR) is 53.5 cm³/mol. The minimum Gasteiger partial charge on any atom is -0.397 e. The lowest BCUT2D eigenvalue weighted by Gasteiger charge is -1.96. The Hall–Kier alpha value is -0.810. The fraction of sp³-hybridized carbons (Fsp3) is 0.286. The van der Waals surface area contributed by atoms with Crippen LogP contribution >= 0.6 is 15.9 Å². The molecule has 0 saturated heterocycles. The Kier molecular flexibility index (Phi) is 5.40. The Balaban J connectivity index is 0.000000354. The standard InChI is InChI=1S/C5H6BrN3.C2H6O/c6-3-1-4(7)5(8)9-2-3;1-2-3/h1-2H,7H2,(H2,8,9);3H,2H2,1H3. The van der Waals surface area contributed by atoms with Crippen molar-refractivity contribution in [1.82, 2.24) is 4.98 Å². The second kappa shape index (κ2) is 5.79. The maximum Gasteiger partial charge on any atom is 0.146 e. The molecule has 68 valence electrons. The van der Waals surface area contributed by atoms with Crippen molar-refractivity contribution >= 4 is 27.4 Å². The molecule has 0 aliphatic carbocycles. The summed E-state index contributed by atoms with van der Waals surface area (Å²) in [5.74, 6) is 0.373. The summed E-state index contributed by atoms with van der Waals surface area (Å²) in [6, 6.07) is 1.71. The Bertz CT molecular complexity index is 242. The van der Waals surface area contributed by atoms with Crippen LogP contribution < -0.4 is 11.5 Å². The van der Waals surface area contributed by atoms with E-state index in [2.05, 4.69) is 20.9 Å². The van der Waals surface area contributed by atoms with Gasteiger partial charge in [0.15, 0.2) is 0 Å². The number of hydrogen-bond donors (Lipinski definition) is 3. The summed E-state index contributed by atoms with van der Waals surface area (Å²) in [6.07, 6.45) is 1.60. The number of halogens is 1. The molecule has 5 heteroatoms. The van der Waals surface area contributed by atoms with Gasteiger partial charge in [-0.1, -0.05) is 0 Å². The zero-order chi connectivity index (χ0) is 9.56. The third kappa shape index (κ3) is 4.15. The van der Waals surface area contributed by atoms with E-state index in [0.717, 1.165) is 4.47 Å². The zero-order valence-electron chi connectivity index (χ0n) is 6.79. The average Bonchev–Trinajstić information content (AvgIpc) is 1.99. The van der Waals surface area contributed by atoms with E-state index in [1.807, 2.05) is 0 Å². The van der Waals surface area contributed by atoms with Crippen LogP contribution in [0.15, 0.2) is 16.7 Å². The number of nitrogens with two attached hydrogens (primary N) is 2. The largest absolute Gasteiger partial charge is 0.397 e. The molecular weight excluding hydrogens is 222 g/mol. The van der Waals surface area contributed by atoms with E-state index in [0.29, 0.717) is 11.5 Å². The summed E-state index contributed by atoms with van der Waals surface area (Å²) in [5, 5.41) is 7.57. The first kappa shape index (κ1) is 11.2. The fourth-order valence-electron chi connectivity index (χ4n) is 0.466. The van der Waals surface area contributed by atoms with Crippen molar-refractivity contribution in [3.05, 3.63) is 16.7 Å². The molecule has 0 aromatic carbocycles. The molecular formula is C7H12BrN3O. The SMILES string of the molecule is CCO.Nc1cc(Br)cnc1N. The van der Waals surface area contributed by atoms with Gasteiger partial charge < -0.3 is 16.6 Å². The number of nitrogens with zero attached hydrogens (tertiary/aromatic N) is 1. The van der Waals surface area contributed by atoms with E-state index in [1.54, 1.807) is 19.2 Å². The number of aromatic nitrogens is 1. The van der Waals surface area contributed by atoms with Crippen molar-refractivity contribution in [3.8, 4) is 0 Å². The van der Waals surface area contributed by atoms with Gasteiger partial charge in [-0.2, -0.15) is 0 Å². The number of nitrogen functional groups attached to an aromatic ring is 2. The van der Waals surface area contributed by atoms with Crippen molar-refractivity contribution < 1.29 is 5.11 Å². The van der Waals surface area contributed by atoms with Crippen LogP contribution in [0.25, 0.3) is 0 Å². The Labute approximate surface area is 79.7 Å². The molecule has 0 fully saturated rings. The molecule has 0 radical (unpaired) electrons. The normalized spacial score (nSPS) is 8.58. The van der Waals surface area contributed by atoms with Crippen LogP contribution in [-0.2, 0) is 0 Å². The summed E-state index contributed by atoms with van der Waals surface area (Å²) < 4.78 is 0.842. The van der Waals surface area contributed by atoms with Crippen molar-refractivity contribution in [2.45, 2.75) is 6.92 Å². The van der Waals surface area contributed by atoms with E-state index in [-0.39, 0.29) is 6.61 Å². The number of pyridine rings is 1. The molecule has 0 spiro atoms. The van der Waals surface area contributed by atoms with Crippen LogP contribution in [0, 0.1) is 0 Å². The molecule has 0 unspecified atom stereocenters. The fourth-order valence-corrected chi connectivity index (χ4v) is 0.815. The zero-order valence-corrected chi connectivity index (χ0v) is 8.37. The molecule has 1 heterocycles. The second-order valence-electron chi connectivity index (χ2n) is 1.94. The highest BCUT2D eigenvalue weighted by Crippen LogP contribution is 2.16. The number of rotatable bonds is 0. The Morgan fingerprint density at radius 3 is 2.42 bits per heavy atom. The number of hydrogen-bond acceptors (Lipinski definition) is 4. The quantitative estimate of drug-likeness (QED) is 0.625. The third-order valence-electron chi connectivity index (χ3n) is 0.916. The molecule has 5 N–H and O–H groups in total. The van der Waals surface area contributed by atoms with Crippen molar-refractivity contribution in [3.63, 3.8) is 0 Å². The summed E-state index contributed by atoms with van der Waals surface area (Å²) in [4.78, 5) is 3.78. The van der Waals surface area contributed by atoms with Crippen LogP contribution in [0.2, 0.25) is 0 Å². The van der Waals surface area contributed by atoms with E-state index in [4.69, 9.17) is 16.6 Å². The molecule has 1 aromatic rings. The molecule has 0 saturated carbocycles. The van der Waals surface area contributed by atoms with Gasteiger partial charge in [0.25, 0.3) is 0 Å². The average molecular weight is 234 g/mol. The maximum atomic E-state index is 7.57. The minimum atomic E-state index is 0.250. The van der Waals surface area contributed by atoms with Crippen LogP contribution in [0.5, 0.6) is 0 Å². The molecule has 0 aliphatic rings. The highest BCUT2D eigenvalue weighted by molar-refractivity contribution is 9.10. The summed E-state index contributed by atoms with van der Waals surface area (Å²) in [7, 11) is 0. The van der Waals surface area contributed by atoms with Gasteiger partial charge in [-0.3, -0.25) is 0 Å². The number of aliphatic hydroxyl groups is 1. The highest BCUT2D eigenvalue weighted by Gasteiger charge is 1.93. The van der Waals surface area contributed by atoms with Gasteiger partial charge in [0, 0.05) is 17.3 Å². The van der Waals surface area contributed by atoms with Gasteiger partial charge in [0.05, 0.1) is 5.69 Å². The van der Waals surface area contributed by atoms with E-state index >= 15 is 0 Å². The van der Waals surface area contributed by atoms with Crippen molar-refractivity contribution in [2.24, 2.45) is 0 Å². The van der Waals surface area contributed by atoms with Gasteiger partial charge in [0.2, 0.25) is 0 Å². The molecule has 12 heavy (non-hydrogen) atoms. The topological polar surface area (TPSA) is 85.2 Å². The monoisotopic (exact) mass is 233 g/mol. The highest BCUT2D eigenvalue weighted by atomic mass is 79.9. The molecule has 4 nitrogen and oxygen atoms in total. The van der Waals surface area contributed by atoms with Gasteiger partial charge in [-0.15, -0.1) is 0 Å². The molecule has 0 atom stereocenters. The summed E-state index contributed by atoms with van der Waals surface area (Å²) >= 11 is 3.20. The van der Waals surface area contributed by atoms with E-state index in [1.165, 1.54) is 0 Å². The van der Waals surface area contributed by atoms with Gasteiger partial charge in [0.1, 0.15) is 5.82 Å². The molecule has 1 aromatic heterocycles. The first-order valence-corrected chi connectivity index (χ1v) is 4.18. The van der Waals surface area contributed by atoms with Gasteiger partial charge >= 0.3 is 0 Å². The summed E-state index contributed by atoms with van der Waals surface area (Å²) in [5.41, 5.74) is 11.2. The number of anilines is 2. The maximum absolute atomic E-state index is 7.57. The van der Waals surface area contributed by atoms with Crippen molar-refractivity contribution in [2.75, 3.05) is 18.1 Å². The third-order valence-corrected chi connectivity index (χ3v) is 1.35. The van der Waals surface area contributed by atoms with E-state index in [9.17, 15) is 0 Å². The summed E-state index contributed by atoms with van der Waals surface area (Å²) in [6.45, 7) is 1.93.